The van der Waals surface area contributed by atoms with Gasteiger partial charge in [-0.1, -0.05) is 20.8 Å². The molecule has 2 atom stereocenters. The summed E-state index contributed by atoms with van der Waals surface area (Å²) in [5, 5.41) is 2.88. The molecule has 134 valence electrons. The van der Waals surface area contributed by atoms with E-state index in [-0.39, 0.29) is 18.4 Å². The number of nitrogens with one attached hydrogen (secondary N) is 1. The zero-order valence-electron chi connectivity index (χ0n) is 15.0. The molecule has 6 heteroatoms. The Hall–Kier alpha value is -1.59. The molecule has 0 unspecified atom stereocenters. The largest absolute Gasteiger partial charge is 0.341 e. The maximum Gasteiger partial charge on any atom is 0.325 e. The number of carbonyl (C=O) groups excluding carboxylic acids is 3. The summed E-state index contributed by atoms with van der Waals surface area (Å²) in [5.41, 5.74) is -0.758. The zero-order chi connectivity index (χ0) is 17.5. The summed E-state index contributed by atoms with van der Waals surface area (Å²) >= 11 is 0. The monoisotopic (exact) mass is 335 g/mol. The molecule has 1 N–H and O–H groups in total. The number of urea groups is 1. The first kappa shape index (κ1) is 17.2. The fourth-order valence-corrected chi connectivity index (χ4v) is 4.52. The maximum absolute atomic E-state index is 12.8. The number of nitrogens with zero attached hydrogens (tertiary/aromatic N) is 2. The molecule has 0 aromatic rings. The molecule has 4 amide bonds. The van der Waals surface area contributed by atoms with E-state index in [2.05, 4.69) is 26.1 Å². The van der Waals surface area contributed by atoms with Crippen molar-refractivity contribution in [3.63, 3.8) is 0 Å². The van der Waals surface area contributed by atoms with E-state index in [1.165, 1.54) is 0 Å². The van der Waals surface area contributed by atoms with Crippen LogP contribution in [0.25, 0.3) is 0 Å². The molecular formula is C18H29N3O3. The van der Waals surface area contributed by atoms with Gasteiger partial charge in [0, 0.05) is 13.1 Å². The van der Waals surface area contributed by atoms with Crippen LogP contribution in [0.5, 0.6) is 0 Å². The van der Waals surface area contributed by atoms with Crippen LogP contribution in [0.1, 0.15) is 52.9 Å². The van der Waals surface area contributed by atoms with Crippen molar-refractivity contribution in [3.8, 4) is 0 Å². The quantitative estimate of drug-likeness (QED) is 0.785. The highest BCUT2D eigenvalue weighted by atomic mass is 16.2. The number of carbonyl (C=O) groups is 3. The lowest BCUT2D eigenvalue weighted by Crippen LogP contribution is -2.51. The Morgan fingerprint density at radius 3 is 2.25 bits per heavy atom. The van der Waals surface area contributed by atoms with Crippen molar-refractivity contribution in [2.45, 2.75) is 58.4 Å². The number of rotatable bonds is 2. The van der Waals surface area contributed by atoms with Crippen LogP contribution < -0.4 is 5.32 Å². The minimum atomic E-state index is -0.758. The lowest BCUT2D eigenvalue weighted by Gasteiger charge is -2.36. The van der Waals surface area contributed by atoms with Crippen LogP contribution >= 0.6 is 0 Å². The van der Waals surface area contributed by atoms with Crippen LogP contribution in [-0.4, -0.2) is 52.8 Å². The summed E-state index contributed by atoms with van der Waals surface area (Å²) in [7, 11) is 0. The van der Waals surface area contributed by atoms with Gasteiger partial charge in [-0.3, -0.25) is 14.5 Å². The molecule has 0 bridgehead atoms. The lowest BCUT2D eigenvalue weighted by molar-refractivity contribution is -0.141. The van der Waals surface area contributed by atoms with E-state index in [4.69, 9.17) is 0 Å². The van der Waals surface area contributed by atoms with Gasteiger partial charge >= 0.3 is 6.03 Å². The van der Waals surface area contributed by atoms with Gasteiger partial charge in [-0.2, -0.15) is 0 Å². The van der Waals surface area contributed by atoms with Gasteiger partial charge in [-0.25, -0.2) is 4.79 Å². The summed E-state index contributed by atoms with van der Waals surface area (Å²) in [6.07, 6.45) is 4.36. The van der Waals surface area contributed by atoms with Crippen molar-refractivity contribution in [3.05, 3.63) is 0 Å². The van der Waals surface area contributed by atoms with E-state index in [0.29, 0.717) is 30.6 Å². The molecule has 2 saturated heterocycles. The molecule has 0 aromatic heterocycles. The van der Waals surface area contributed by atoms with Gasteiger partial charge in [0.15, 0.2) is 0 Å². The highest BCUT2D eigenvalue weighted by molar-refractivity contribution is 6.09. The number of likely N-dealkylation sites (tertiary alicyclic amines) is 1. The van der Waals surface area contributed by atoms with Crippen LogP contribution in [0.2, 0.25) is 0 Å². The molecule has 3 fully saturated rings. The zero-order valence-corrected chi connectivity index (χ0v) is 15.0. The number of piperidine rings is 1. The second-order valence-electron chi connectivity index (χ2n) is 8.33. The van der Waals surface area contributed by atoms with E-state index < -0.39 is 11.6 Å². The van der Waals surface area contributed by atoms with E-state index in [1.54, 1.807) is 0 Å². The van der Waals surface area contributed by atoms with Gasteiger partial charge in [0.1, 0.15) is 12.1 Å². The van der Waals surface area contributed by atoms with Crippen LogP contribution in [0, 0.1) is 17.8 Å². The number of hydrogen-bond donors (Lipinski definition) is 1. The van der Waals surface area contributed by atoms with Crippen LogP contribution in [0.3, 0.4) is 0 Å². The molecule has 2 heterocycles. The Balaban J connectivity index is 1.65. The van der Waals surface area contributed by atoms with E-state index in [1.807, 2.05) is 4.90 Å². The summed E-state index contributed by atoms with van der Waals surface area (Å²) in [4.78, 5) is 40.7. The van der Waals surface area contributed by atoms with Crippen molar-refractivity contribution in [1.82, 2.24) is 15.1 Å². The average molecular weight is 335 g/mol. The fraction of sp³-hybridized carbons (Fsp3) is 0.833. The van der Waals surface area contributed by atoms with Crippen molar-refractivity contribution in [2.75, 3.05) is 19.6 Å². The van der Waals surface area contributed by atoms with E-state index in [0.717, 1.165) is 37.3 Å². The highest BCUT2D eigenvalue weighted by Gasteiger charge is 2.52. The number of imide groups is 1. The van der Waals surface area contributed by atoms with Gasteiger partial charge in [-0.05, 0) is 49.9 Å². The molecule has 6 nitrogen and oxygen atoms in total. The predicted molar refractivity (Wildman–Crippen MR) is 90.1 cm³/mol. The first-order valence-corrected chi connectivity index (χ1v) is 9.22. The van der Waals surface area contributed by atoms with Gasteiger partial charge in [0.25, 0.3) is 5.91 Å². The molecule has 24 heavy (non-hydrogen) atoms. The molecule has 1 saturated carbocycles. The Morgan fingerprint density at radius 2 is 1.67 bits per heavy atom. The molecule has 1 aliphatic carbocycles. The smallest absolute Gasteiger partial charge is 0.325 e. The van der Waals surface area contributed by atoms with Gasteiger partial charge in [0.2, 0.25) is 5.91 Å². The third-order valence-corrected chi connectivity index (χ3v) is 5.89. The molecule has 1 spiro atoms. The Morgan fingerprint density at radius 1 is 1.08 bits per heavy atom. The third-order valence-electron chi connectivity index (χ3n) is 5.89. The summed E-state index contributed by atoms with van der Waals surface area (Å²) in [5.74, 6) is 1.20. The molecule has 2 aliphatic heterocycles. The highest BCUT2D eigenvalue weighted by Crippen LogP contribution is 2.36. The van der Waals surface area contributed by atoms with Gasteiger partial charge in [-0.15, -0.1) is 0 Å². The average Bonchev–Trinajstić information content (AvgIpc) is 2.74. The standard InChI is InChI=1S/C18H29N3O3/c1-12-4-6-18(7-5-12)16(23)21(17(24)19-18)11-15(22)20-9-13(2)8-14(3)10-20/h12-14H,4-11H2,1-3H3,(H,19,24)/t12?,13-,14-,18?/m1/s1. The maximum atomic E-state index is 12.8. The number of hydrogen-bond acceptors (Lipinski definition) is 3. The molecule has 3 rings (SSSR count). The minimum Gasteiger partial charge on any atom is -0.341 e. The predicted octanol–water partition coefficient (Wildman–Crippen LogP) is 1.99. The SMILES string of the molecule is CC1CCC2(CC1)NC(=O)N(CC(=O)N1C[C@H](C)C[C@@H](C)C1)C2=O. The Kier molecular flexibility index (Phi) is 4.58. The molecule has 3 aliphatic rings. The van der Waals surface area contributed by atoms with Crippen molar-refractivity contribution >= 4 is 17.8 Å². The van der Waals surface area contributed by atoms with Crippen molar-refractivity contribution in [2.24, 2.45) is 17.8 Å². The second-order valence-corrected chi connectivity index (χ2v) is 8.33. The third kappa shape index (κ3) is 3.15. The van der Waals surface area contributed by atoms with Gasteiger partial charge in [0.05, 0.1) is 0 Å². The molecule has 0 aromatic carbocycles. The fourth-order valence-electron chi connectivity index (χ4n) is 4.52. The Bertz CT molecular complexity index is 530. The molecule has 0 radical (unpaired) electrons. The van der Waals surface area contributed by atoms with Crippen LogP contribution in [-0.2, 0) is 9.59 Å². The van der Waals surface area contributed by atoms with Crippen molar-refractivity contribution < 1.29 is 14.4 Å². The first-order chi connectivity index (χ1) is 11.3. The molecular weight excluding hydrogens is 306 g/mol. The van der Waals surface area contributed by atoms with E-state index >= 15 is 0 Å². The first-order valence-electron chi connectivity index (χ1n) is 9.22. The van der Waals surface area contributed by atoms with Crippen LogP contribution in [0.15, 0.2) is 0 Å². The van der Waals surface area contributed by atoms with Crippen molar-refractivity contribution in [1.29, 1.82) is 0 Å². The summed E-state index contributed by atoms with van der Waals surface area (Å²) in [6.45, 7) is 7.77. The topological polar surface area (TPSA) is 69.7 Å². The number of amides is 4. The minimum absolute atomic E-state index is 0.113. The summed E-state index contributed by atoms with van der Waals surface area (Å²) in [6, 6.07) is -0.402. The normalized spacial score (nSPS) is 37.0. The Labute approximate surface area is 143 Å². The summed E-state index contributed by atoms with van der Waals surface area (Å²) < 4.78 is 0. The van der Waals surface area contributed by atoms with E-state index in [9.17, 15) is 14.4 Å². The van der Waals surface area contributed by atoms with Gasteiger partial charge < -0.3 is 10.2 Å². The van der Waals surface area contributed by atoms with Crippen LogP contribution in [0.4, 0.5) is 4.79 Å². The lowest BCUT2D eigenvalue weighted by atomic mass is 9.77. The second kappa shape index (κ2) is 6.37.